The van der Waals surface area contributed by atoms with E-state index in [-0.39, 0.29) is 17.5 Å². The van der Waals surface area contributed by atoms with Crippen LogP contribution >= 0.6 is 11.6 Å². The molecule has 0 saturated carbocycles. The number of aromatic nitrogens is 4. The van der Waals surface area contributed by atoms with Gasteiger partial charge in [0.1, 0.15) is 0 Å². The van der Waals surface area contributed by atoms with E-state index in [1.165, 1.54) is 14.7 Å². The van der Waals surface area contributed by atoms with Crippen LogP contribution in [0.1, 0.15) is 37.5 Å². The summed E-state index contributed by atoms with van der Waals surface area (Å²) in [6, 6.07) is 24.8. The van der Waals surface area contributed by atoms with E-state index in [9.17, 15) is 9.59 Å². The monoisotopic (exact) mass is 498 g/mol. The van der Waals surface area contributed by atoms with E-state index in [1.54, 1.807) is 30.6 Å². The first kappa shape index (κ1) is 23.8. The van der Waals surface area contributed by atoms with E-state index in [4.69, 9.17) is 11.6 Å². The van der Waals surface area contributed by atoms with Crippen molar-refractivity contribution in [3.8, 4) is 5.69 Å². The summed E-state index contributed by atoms with van der Waals surface area (Å²) in [5.41, 5.74) is 3.68. The third-order valence-electron chi connectivity index (χ3n) is 6.34. The quantitative estimate of drug-likeness (QED) is 0.326. The molecule has 0 fully saturated rings. The Balaban J connectivity index is 1.68. The lowest BCUT2D eigenvalue weighted by Crippen LogP contribution is -2.40. The number of fused-ring (bicyclic) bond motifs is 1. The molecule has 5 aromatic rings. The molecule has 6 nitrogen and oxygen atoms in total. The predicted octanol–water partition coefficient (Wildman–Crippen LogP) is 5.40. The summed E-state index contributed by atoms with van der Waals surface area (Å²) < 4.78 is 4.57. The van der Waals surface area contributed by atoms with Gasteiger partial charge < -0.3 is 4.57 Å². The fourth-order valence-electron chi connectivity index (χ4n) is 4.33. The highest BCUT2D eigenvalue weighted by atomic mass is 35.5. The molecular formula is C29H27ClN4O2. The maximum Gasteiger partial charge on any atom is 0.337 e. The van der Waals surface area contributed by atoms with Gasteiger partial charge in [0.25, 0.3) is 5.56 Å². The van der Waals surface area contributed by atoms with Gasteiger partial charge in [-0.1, -0.05) is 87.0 Å². The van der Waals surface area contributed by atoms with Crippen LogP contribution in [0.15, 0.2) is 94.8 Å². The first-order valence-corrected chi connectivity index (χ1v) is 12.2. The minimum Gasteiger partial charge on any atom is -0.320 e. The van der Waals surface area contributed by atoms with Gasteiger partial charge in [0.05, 0.1) is 18.6 Å². The van der Waals surface area contributed by atoms with E-state index >= 15 is 0 Å². The molecule has 0 unspecified atom stereocenters. The maximum absolute atomic E-state index is 13.7. The van der Waals surface area contributed by atoms with Crippen LogP contribution in [0.25, 0.3) is 16.9 Å². The molecule has 0 aliphatic rings. The molecule has 0 N–H and O–H groups in total. The molecule has 3 aromatic carbocycles. The fraction of sp³-hybridized carbons (Fsp3) is 0.207. The van der Waals surface area contributed by atoms with Gasteiger partial charge in [-0.15, -0.1) is 0 Å². The first-order valence-electron chi connectivity index (χ1n) is 11.8. The second-order valence-electron chi connectivity index (χ2n) is 9.96. The second-order valence-corrected chi connectivity index (χ2v) is 10.4. The lowest BCUT2D eigenvalue weighted by atomic mass is 9.87. The normalized spacial score (nSPS) is 11.8. The fourth-order valence-corrected chi connectivity index (χ4v) is 4.46. The molecule has 36 heavy (non-hydrogen) atoms. The summed E-state index contributed by atoms with van der Waals surface area (Å²) in [5, 5.41) is 0.560. The predicted molar refractivity (Wildman–Crippen MR) is 144 cm³/mol. The Hall–Kier alpha value is -3.90. The minimum absolute atomic E-state index is 0.0556. The summed E-state index contributed by atoms with van der Waals surface area (Å²) in [5.74, 6) is 0. The summed E-state index contributed by atoms with van der Waals surface area (Å²) in [4.78, 5) is 31.9. The Morgan fingerprint density at radius 2 is 1.44 bits per heavy atom. The van der Waals surface area contributed by atoms with E-state index in [0.717, 1.165) is 11.1 Å². The zero-order valence-electron chi connectivity index (χ0n) is 20.5. The van der Waals surface area contributed by atoms with Crippen molar-refractivity contribution in [1.29, 1.82) is 0 Å². The molecule has 0 spiro atoms. The van der Waals surface area contributed by atoms with E-state index in [0.29, 0.717) is 28.4 Å². The molecule has 0 radical (unpaired) electrons. The maximum atomic E-state index is 13.7. The molecule has 0 aliphatic carbocycles. The average molecular weight is 499 g/mol. The third kappa shape index (κ3) is 4.52. The van der Waals surface area contributed by atoms with Crippen LogP contribution in [0.5, 0.6) is 0 Å². The molecule has 0 bridgehead atoms. The Kier molecular flexibility index (Phi) is 6.14. The largest absolute Gasteiger partial charge is 0.337 e. The Labute approximate surface area is 214 Å². The topological polar surface area (TPSA) is 61.8 Å². The van der Waals surface area contributed by atoms with Gasteiger partial charge in [-0.05, 0) is 46.4 Å². The number of rotatable bonds is 5. The van der Waals surface area contributed by atoms with Crippen molar-refractivity contribution in [3.63, 3.8) is 0 Å². The van der Waals surface area contributed by atoms with Crippen LogP contribution in [0.3, 0.4) is 0 Å². The van der Waals surface area contributed by atoms with Gasteiger partial charge in [0.2, 0.25) is 0 Å². The number of benzene rings is 3. The molecule has 182 valence electrons. The highest BCUT2D eigenvalue weighted by Crippen LogP contribution is 2.23. The number of nitrogens with zero attached hydrogens (tertiary/aromatic N) is 4. The summed E-state index contributed by atoms with van der Waals surface area (Å²) in [7, 11) is 0. The van der Waals surface area contributed by atoms with Crippen molar-refractivity contribution in [2.75, 3.05) is 0 Å². The smallest absolute Gasteiger partial charge is 0.320 e. The Bertz CT molecular complexity index is 1640. The van der Waals surface area contributed by atoms with Crippen molar-refractivity contribution >= 4 is 22.8 Å². The zero-order valence-corrected chi connectivity index (χ0v) is 21.2. The van der Waals surface area contributed by atoms with Crippen LogP contribution in [-0.2, 0) is 18.5 Å². The van der Waals surface area contributed by atoms with Gasteiger partial charge in [-0.25, -0.2) is 14.3 Å². The van der Waals surface area contributed by atoms with E-state index in [2.05, 4.69) is 50.0 Å². The molecule has 0 amide bonds. The molecule has 0 atom stereocenters. The summed E-state index contributed by atoms with van der Waals surface area (Å²) in [6.45, 7) is 7.15. The van der Waals surface area contributed by atoms with Gasteiger partial charge in [0, 0.05) is 11.6 Å². The van der Waals surface area contributed by atoms with Gasteiger partial charge in [-0.3, -0.25) is 9.36 Å². The first-order chi connectivity index (χ1) is 17.2. The highest BCUT2D eigenvalue weighted by Gasteiger charge is 2.20. The van der Waals surface area contributed by atoms with Crippen LogP contribution in [0, 0.1) is 0 Å². The van der Waals surface area contributed by atoms with Crippen LogP contribution < -0.4 is 11.2 Å². The van der Waals surface area contributed by atoms with Gasteiger partial charge in [0.15, 0.2) is 11.2 Å². The Morgan fingerprint density at radius 1 is 0.806 bits per heavy atom. The van der Waals surface area contributed by atoms with Crippen molar-refractivity contribution in [2.45, 2.75) is 39.3 Å². The number of imidazole rings is 1. The van der Waals surface area contributed by atoms with Crippen LogP contribution in [0.2, 0.25) is 5.02 Å². The zero-order chi connectivity index (χ0) is 25.4. The van der Waals surface area contributed by atoms with E-state index in [1.807, 2.05) is 34.9 Å². The van der Waals surface area contributed by atoms with Crippen LogP contribution in [0.4, 0.5) is 0 Å². The highest BCUT2D eigenvalue weighted by molar-refractivity contribution is 6.30. The summed E-state index contributed by atoms with van der Waals surface area (Å²) >= 11 is 6.09. The molecule has 7 heteroatoms. The van der Waals surface area contributed by atoms with Crippen molar-refractivity contribution < 1.29 is 0 Å². The number of hydrogen-bond donors (Lipinski definition) is 0. The molecule has 0 aliphatic heterocycles. The third-order valence-corrected chi connectivity index (χ3v) is 6.59. The molecular weight excluding hydrogens is 472 g/mol. The van der Waals surface area contributed by atoms with Gasteiger partial charge in [-0.2, -0.15) is 0 Å². The van der Waals surface area contributed by atoms with Crippen molar-refractivity contribution in [2.24, 2.45) is 0 Å². The van der Waals surface area contributed by atoms with E-state index < -0.39 is 5.69 Å². The van der Waals surface area contributed by atoms with Crippen LogP contribution in [-0.4, -0.2) is 18.7 Å². The number of hydrogen-bond acceptors (Lipinski definition) is 3. The van der Waals surface area contributed by atoms with Crippen molar-refractivity contribution in [1.82, 2.24) is 18.7 Å². The van der Waals surface area contributed by atoms with Crippen molar-refractivity contribution in [3.05, 3.63) is 128 Å². The molecule has 0 saturated heterocycles. The average Bonchev–Trinajstić information content (AvgIpc) is 3.26. The molecule has 2 heterocycles. The lowest BCUT2D eigenvalue weighted by molar-refractivity contribution is 0.590. The second kappa shape index (κ2) is 9.28. The Morgan fingerprint density at radius 3 is 2.08 bits per heavy atom. The standard InChI is InChI=1S/C29H27ClN4O2/c1-29(2,3)22-11-9-21(10-12-22)17-32-19-31-26-25(32)27(35)33(18-20-7-5-4-6-8-20)28(36)34(26)24-15-13-23(30)14-16-24/h4-16,19H,17-18H2,1-3H3. The number of halogens is 1. The van der Waals surface area contributed by atoms with Gasteiger partial charge >= 0.3 is 5.69 Å². The molecule has 2 aromatic heterocycles. The minimum atomic E-state index is -0.446. The lowest BCUT2D eigenvalue weighted by Gasteiger charge is -2.19. The summed E-state index contributed by atoms with van der Waals surface area (Å²) in [6.07, 6.45) is 1.63. The molecule has 5 rings (SSSR count). The SMILES string of the molecule is CC(C)(C)c1ccc(Cn2cnc3c2c(=O)n(Cc2ccccc2)c(=O)n3-c2ccc(Cl)cc2)cc1.